The van der Waals surface area contributed by atoms with Gasteiger partial charge in [0.2, 0.25) is 0 Å². The number of hydrogen-bond acceptors (Lipinski definition) is 5. The zero-order valence-electron chi connectivity index (χ0n) is 11.2. The van der Waals surface area contributed by atoms with Crippen molar-refractivity contribution in [3.63, 3.8) is 0 Å². The van der Waals surface area contributed by atoms with Crippen molar-refractivity contribution < 1.29 is 4.79 Å². The Morgan fingerprint density at radius 2 is 2.00 bits per heavy atom. The molecule has 6 heteroatoms. The van der Waals surface area contributed by atoms with Crippen LogP contribution in [0.25, 0.3) is 0 Å². The number of nitrogen functional groups attached to an aromatic ring is 1. The van der Waals surface area contributed by atoms with Gasteiger partial charge in [0.05, 0.1) is 5.25 Å². The quantitative estimate of drug-likeness (QED) is 0.510. The molecule has 0 aliphatic heterocycles. The Morgan fingerprint density at radius 3 is 2.60 bits per heavy atom. The van der Waals surface area contributed by atoms with Gasteiger partial charge in [0.15, 0.2) is 10.9 Å². The number of aromatic nitrogens is 2. The number of nitrogens with two attached hydrogens (primary N) is 1. The van der Waals surface area contributed by atoms with Gasteiger partial charge in [-0.05, 0) is 13.8 Å². The molecule has 104 valence electrons. The highest BCUT2D eigenvalue weighted by molar-refractivity contribution is 8.00. The van der Waals surface area contributed by atoms with Gasteiger partial charge in [0.1, 0.15) is 5.82 Å². The molecule has 0 saturated carbocycles. The number of H-pyrrole nitrogens is 1. The maximum Gasteiger partial charge on any atom is 0.253 e. The second-order valence-corrected chi connectivity index (χ2v) is 5.80. The molecule has 1 aromatic heterocycles. The molecule has 0 amide bonds. The SMILES string of the molecule is Cc1ccc(C(=O)[C@@H](C)Sc2nc(N)cc(=O)[nH]2)cc1. The molecule has 0 aliphatic carbocycles. The van der Waals surface area contributed by atoms with E-state index in [0.717, 1.165) is 5.56 Å². The molecule has 1 atom stereocenters. The fraction of sp³-hybridized carbons (Fsp3) is 0.214. The van der Waals surface area contributed by atoms with Crippen LogP contribution in [0, 0.1) is 6.92 Å². The third-order valence-electron chi connectivity index (χ3n) is 2.73. The smallest absolute Gasteiger partial charge is 0.253 e. The number of hydrogen-bond donors (Lipinski definition) is 2. The van der Waals surface area contributed by atoms with Crippen molar-refractivity contribution >= 4 is 23.4 Å². The summed E-state index contributed by atoms with van der Waals surface area (Å²) in [6.45, 7) is 3.74. The second-order valence-electron chi connectivity index (χ2n) is 4.47. The van der Waals surface area contributed by atoms with E-state index in [2.05, 4.69) is 9.97 Å². The molecule has 0 radical (unpaired) electrons. The zero-order valence-corrected chi connectivity index (χ0v) is 12.0. The molecule has 5 nitrogen and oxygen atoms in total. The molecular weight excluding hydrogens is 274 g/mol. The molecule has 0 unspecified atom stereocenters. The highest BCUT2D eigenvalue weighted by atomic mass is 32.2. The van der Waals surface area contributed by atoms with Crippen LogP contribution in [-0.4, -0.2) is 21.0 Å². The molecule has 0 spiro atoms. The molecule has 2 rings (SSSR count). The number of carbonyl (C=O) groups is 1. The second kappa shape index (κ2) is 5.92. The first-order chi connectivity index (χ1) is 9.45. The van der Waals surface area contributed by atoms with Crippen LogP contribution < -0.4 is 11.3 Å². The molecule has 1 heterocycles. The Labute approximate surface area is 120 Å². The monoisotopic (exact) mass is 289 g/mol. The van der Waals surface area contributed by atoms with Crippen LogP contribution in [0.1, 0.15) is 22.8 Å². The van der Waals surface area contributed by atoms with Gasteiger partial charge in [-0.2, -0.15) is 0 Å². The van der Waals surface area contributed by atoms with Crippen LogP contribution in [0.4, 0.5) is 5.82 Å². The molecule has 3 N–H and O–H groups in total. The Kier molecular flexibility index (Phi) is 4.24. The van der Waals surface area contributed by atoms with E-state index in [4.69, 9.17) is 5.73 Å². The third kappa shape index (κ3) is 3.48. The van der Waals surface area contributed by atoms with Gasteiger partial charge in [0, 0.05) is 11.6 Å². The van der Waals surface area contributed by atoms with Crippen molar-refractivity contribution in [3.05, 3.63) is 51.8 Å². The van der Waals surface area contributed by atoms with E-state index in [1.54, 1.807) is 19.1 Å². The minimum Gasteiger partial charge on any atom is -0.383 e. The summed E-state index contributed by atoms with van der Waals surface area (Å²) in [6.07, 6.45) is 0. The van der Waals surface area contributed by atoms with Gasteiger partial charge in [-0.3, -0.25) is 9.59 Å². The summed E-state index contributed by atoms with van der Waals surface area (Å²) in [7, 11) is 0. The standard InChI is InChI=1S/C14H15N3O2S/c1-8-3-5-10(6-4-8)13(19)9(2)20-14-16-11(15)7-12(18)17-14/h3-7,9H,1-2H3,(H3,15,16,17,18)/t9-/m1/s1. The Bertz CT molecular complexity index is 680. The average Bonchev–Trinajstić information content (AvgIpc) is 2.37. The van der Waals surface area contributed by atoms with Crippen LogP contribution in [0.2, 0.25) is 0 Å². The lowest BCUT2D eigenvalue weighted by Crippen LogP contribution is -2.16. The van der Waals surface area contributed by atoms with Gasteiger partial charge < -0.3 is 10.7 Å². The minimum atomic E-state index is -0.359. The summed E-state index contributed by atoms with van der Waals surface area (Å²) in [4.78, 5) is 30.1. The number of ketones is 1. The molecule has 0 saturated heterocycles. The van der Waals surface area contributed by atoms with Crippen LogP contribution >= 0.6 is 11.8 Å². The fourth-order valence-corrected chi connectivity index (χ4v) is 2.58. The molecule has 1 aromatic carbocycles. The molecule has 0 bridgehead atoms. The van der Waals surface area contributed by atoms with Gasteiger partial charge in [-0.15, -0.1) is 0 Å². The van der Waals surface area contributed by atoms with E-state index in [1.807, 2.05) is 19.1 Å². The normalized spacial score (nSPS) is 12.1. The third-order valence-corrected chi connectivity index (χ3v) is 3.72. The number of aryl methyl sites for hydroxylation is 1. The van der Waals surface area contributed by atoms with Gasteiger partial charge in [-0.1, -0.05) is 41.6 Å². The number of aromatic amines is 1. The maximum absolute atomic E-state index is 12.3. The summed E-state index contributed by atoms with van der Waals surface area (Å²) < 4.78 is 0. The van der Waals surface area contributed by atoms with E-state index < -0.39 is 0 Å². The highest BCUT2D eigenvalue weighted by Gasteiger charge is 2.17. The number of benzene rings is 1. The van der Waals surface area contributed by atoms with Crippen LogP contribution in [0.3, 0.4) is 0 Å². The summed E-state index contributed by atoms with van der Waals surface area (Å²) in [5.74, 6) is 0.131. The Balaban J connectivity index is 2.15. The van der Waals surface area contributed by atoms with E-state index in [9.17, 15) is 9.59 Å². The summed E-state index contributed by atoms with van der Waals surface area (Å²) in [5, 5.41) is -0.00869. The molecule has 20 heavy (non-hydrogen) atoms. The molecule has 2 aromatic rings. The fourth-order valence-electron chi connectivity index (χ4n) is 1.68. The summed E-state index contributed by atoms with van der Waals surface area (Å²) >= 11 is 1.18. The Hall–Kier alpha value is -2.08. The summed E-state index contributed by atoms with van der Waals surface area (Å²) in [5.41, 5.74) is 6.93. The molecule has 0 aliphatic rings. The summed E-state index contributed by atoms with van der Waals surface area (Å²) in [6, 6.07) is 8.58. The number of rotatable bonds is 4. The van der Waals surface area contributed by atoms with Crippen molar-refractivity contribution in [1.82, 2.24) is 9.97 Å². The van der Waals surface area contributed by atoms with Crippen molar-refractivity contribution in [1.29, 1.82) is 0 Å². The lowest BCUT2D eigenvalue weighted by Gasteiger charge is -2.09. The zero-order chi connectivity index (χ0) is 14.7. The van der Waals surface area contributed by atoms with Crippen molar-refractivity contribution in [2.75, 3.05) is 5.73 Å². The number of Topliss-reactive ketones (excluding diaryl/α,β-unsaturated/α-hetero) is 1. The number of anilines is 1. The van der Waals surface area contributed by atoms with Crippen LogP contribution in [0.5, 0.6) is 0 Å². The van der Waals surface area contributed by atoms with Crippen molar-refractivity contribution in [2.45, 2.75) is 24.3 Å². The lowest BCUT2D eigenvalue weighted by molar-refractivity contribution is 0.0994. The number of nitrogens with one attached hydrogen (secondary N) is 1. The lowest BCUT2D eigenvalue weighted by atomic mass is 10.1. The van der Waals surface area contributed by atoms with E-state index in [1.165, 1.54) is 17.8 Å². The Morgan fingerprint density at radius 1 is 1.35 bits per heavy atom. The first-order valence-corrected chi connectivity index (χ1v) is 6.98. The molecule has 0 fully saturated rings. The number of nitrogens with zero attached hydrogens (tertiary/aromatic N) is 1. The predicted molar refractivity (Wildman–Crippen MR) is 80.1 cm³/mol. The number of carbonyl (C=O) groups excluding carboxylic acids is 1. The van der Waals surface area contributed by atoms with Crippen LogP contribution in [-0.2, 0) is 0 Å². The van der Waals surface area contributed by atoms with Crippen LogP contribution in [0.15, 0.2) is 40.3 Å². The van der Waals surface area contributed by atoms with E-state index in [0.29, 0.717) is 10.7 Å². The highest BCUT2D eigenvalue weighted by Crippen LogP contribution is 2.22. The van der Waals surface area contributed by atoms with Gasteiger partial charge in [-0.25, -0.2) is 4.98 Å². The predicted octanol–water partition coefficient (Wildman–Crippen LogP) is 2.02. The average molecular weight is 289 g/mol. The van der Waals surface area contributed by atoms with E-state index in [-0.39, 0.29) is 22.4 Å². The number of thioether (sulfide) groups is 1. The van der Waals surface area contributed by atoms with Crippen molar-refractivity contribution in [3.8, 4) is 0 Å². The topological polar surface area (TPSA) is 88.8 Å². The first-order valence-electron chi connectivity index (χ1n) is 6.10. The first kappa shape index (κ1) is 14.3. The van der Waals surface area contributed by atoms with E-state index >= 15 is 0 Å². The van der Waals surface area contributed by atoms with Crippen molar-refractivity contribution in [2.24, 2.45) is 0 Å². The molecular formula is C14H15N3O2S. The minimum absolute atomic E-state index is 0.0138. The maximum atomic E-state index is 12.3. The van der Waals surface area contributed by atoms with Gasteiger partial charge >= 0.3 is 0 Å². The van der Waals surface area contributed by atoms with Gasteiger partial charge in [0.25, 0.3) is 5.56 Å². The largest absolute Gasteiger partial charge is 0.383 e.